The second-order valence-corrected chi connectivity index (χ2v) is 8.03. The van der Waals surface area contributed by atoms with Crippen molar-refractivity contribution in [2.45, 2.75) is 19.6 Å². The predicted octanol–water partition coefficient (Wildman–Crippen LogP) is 4.91. The molecule has 0 heterocycles. The first-order valence-electron chi connectivity index (χ1n) is 10.3. The van der Waals surface area contributed by atoms with Crippen LogP contribution in [0.5, 0.6) is 11.5 Å². The maximum absolute atomic E-state index is 12.1. The molecule has 0 radical (unpaired) electrons. The SMILES string of the molecule is COc1cc(/C=N\NC(=O)C(=O)N[C@H](C)c2ccccc2)cc(Cl)c1OCc1ccccc1Cl. The molecule has 2 N–H and O–H groups in total. The number of nitrogens with one attached hydrogen (secondary N) is 2. The molecule has 176 valence electrons. The molecule has 0 spiro atoms. The quantitative estimate of drug-likeness (QED) is 0.261. The van der Waals surface area contributed by atoms with Crippen molar-refractivity contribution in [3.63, 3.8) is 0 Å². The van der Waals surface area contributed by atoms with Gasteiger partial charge in [-0.1, -0.05) is 71.7 Å². The summed E-state index contributed by atoms with van der Waals surface area (Å²) in [5, 5.41) is 7.32. The van der Waals surface area contributed by atoms with Crippen LogP contribution in [0.15, 0.2) is 71.8 Å². The summed E-state index contributed by atoms with van der Waals surface area (Å²) >= 11 is 12.5. The Balaban J connectivity index is 1.60. The Hall–Kier alpha value is -3.55. The third kappa shape index (κ3) is 6.73. The number of hydrogen-bond acceptors (Lipinski definition) is 5. The fraction of sp³-hybridized carbons (Fsp3) is 0.160. The number of carbonyl (C=O) groups excluding carboxylic acids is 2. The van der Waals surface area contributed by atoms with Gasteiger partial charge in [-0.25, -0.2) is 5.43 Å². The highest BCUT2D eigenvalue weighted by Gasteiger charge is 2.17. The number of methoxy groups -OCH3 is 1. The van der Waals surface area contributed by atoms with E-state index in [4.69, 9.17) is 32.7 Å². The minimum atomic E-state index is -0.892. The van der Waals surface area contributed by atoms with Crippen LogP contribution in [0.25, 0.3) is 0 Å². The van der Waals surface area contributed by atoms with Crippen molar-refractivity contribution in [1.29, 1.82) is 0 Å². The van der Waals surface area contributed by atoms with Gasteiger partial charge in [-0.15, -0.1) is 0 Å². The number of benzene rings is 3. The van der Waals surface area contributed by atoms with Crippen LogP contribution in [0.3, 0.4) is 0 Å². The van der Waals surface area contributed by atoms with Gasteiger partial charge in [0.05, 0.1) is 24.4 Å². The Morgan fingerprint density at radius 2 is 1.71 bits per heavy atom. The average molecular weight is 500 g/mol. The molecule has 9 heteroatoms. The van der Waals surface area contributed by atoms with Gasteiger partial charge in [0.2, 0.25) is 0 Å². The first-order chi connectivity index (χ1) is 16.4. The molecular formula is C25H23Cl2N3O4. The number of hydrogen-bond donors (Lipinski definition) is 2. The number of halogens is 2. The Labute approximate surface area is 207 Å². The van der Waals surface area contributed by atoms with Crippen molar-refractivity contribution >= 4 is 41.2 Å². The van der Waals surface area contributed by atoms with Gasteiger partial charge in [-0.05, 0) is 36.2 Å². The summed E-state index contributed by atoms with van der Waals surface area (Å²) in [5.74, 6) is -0.967. The Bertz CT molecular complexity index is 1190. The van der Waals surface area contributed by atoms with Gasteiger partial charge in [0, 0.05) is 10.6 Å². The second-order valence-electron chi connectivity index (χ2n) is 7.22. The van der Waals surface area contributed by atoms with Crippen LogP contribution in [0.1, 0.15) is 29.7 Å². The number of rotatable bonds is 8. The van der Waals surface area contributed by atoms with E-state index in [-0.39, 0.29) is 17.7 Å². The number of nitrogens with zero attached hydrogens (tertiary/aromatic N) is 1. The van der Waals surface area contributed by atoms with Crippen molar-refractivity contribution < 1.29 is 19.1 Å². The Morgan fingerprint density at radius 1 is 1.00 bits per heavy atom. The summed E-state index contributed by atoms with van der Waals surface area (Å²) in [4.78, 5) is 24.2. The fourth-order valence-electron chi connectivity index (χ4n) is 3.02. The van der Waals surface area contributed by atoms with Crippen molar-refractivity contribution in [3.8, 4) is 11.5 Å². The second kappa shape index (κ2) is 12.1. The smallest absolute Gasteiger partial charge is 0.329 e. The Morgan fingerprint density at radius 3 is 2.41 bits per heavy atom. The van der Waals surface area contributed by atoms with Crippen molar-refractivity contribution in [2.75, 3.05) is 7.11 Å². The normalized spacial score (nSPS) is 11.6. The zero-order valence-electron chi connectivity index (χ0n) is 18.5. The lowest BCUT2D eigenvalue weighted by atomic mass is 10.1. The molecule has 3 rings (SSSR count). The van der Waals surface area contributed by atoms with E-state index < -0.39 is 11.8 Å². The van der Waals surface area contributed by atoms with Crippen LogP contribution in [-0.2, 0) is 16.2 Å². The molecule has 0 aliphatic heterocycles. The highest BCUT2D eigenvalue weighted by atomic mass is 35.5. The minimum Gasteiger partial charge on any atom is -0.493 e. The zero-order valence-corrected chi connectivity index (χ0v) is 20.1. The van der Waals surface area contributed by atoms with E-state index in [9.17, 15) is 9.59 Å². The number of carbonyl (C=O) groups is 2. The van der Waals surface area contributed by atoms with Gasteiger partial charge in [0.15, 0.2) is 11.5 Å². The van der Waals surface area contributed by atoms with Gasteiger partial charge in [-0.3, -0.25) is 9.59 Å². The first-order valence-corrected chi connectivity index (χ1v) is 11.1. The average Bonchev–Trinajstić information content (AvgIpc) is 2.84. The fourth-order valence-corrected chi connectivity index (χ4v) is 3.49. The van der Waals surface area contributed by atoms with Crippen molar-refractivity contribution in [2.24, 2.45) is 5.10 Å². The van der Waals surface area contributed by atoms with Crippen LogP contribution >= 0.6 is 23.2 Å². The van der Waals surface area contributed by atoms with Gasteiger partial charge in [0.25, 0.3) is 0 Å². The van der Waals surface area contributed by atoms with E-state index in [1.165, 1.54) is 13.3 Å². The molecule has 1 atom stereocenters. The van der Waals surface area contributed by atoms with Crippen LogP contribution in [0.2, 0.25) is 10.0 Å². The van der Waals surface area contributed by atoms with Crippen LogP contribution in [0.4, 0.5) is 0 Å². The van der Waals surface area contributed by atoms with E-state index in [2.05, 4.69) is 15.8 Å². The molecule has 3 aromatic carbocycles. The predicted molar refractivity (Wildman–Crippen MR) is 133 cm³/mol. The van der Waals surface area contributed by atoms with Gasteiger partial charge < -0.3 is 14.8 Å². The number of hydrazone groups is 1. The van der Waals surface area contributed by atoms with E-state index in [1.54, 1.807) is 25.1 Å². The molecule has 2 amide bonds. The summed E-state index contributed by atoms with van der Waals surface area (Å²) in [6.45, 7) is 1.99. The monoisotopic (exact) mass is 499 g/mol. The molecule has 0 bridgehead atoms. The molecule has 0 aliphatic carbocycles. The van der Waals surface area contributed by atoms with Crippen LogP contribution in [-0.4, -0.2) is 25.1 Å². The molecule has 0 saturated heterocycles. The van der Waals surface area contributed by atoms with E-state index >= 15 is 0 Å². The summed E-state index contributed by atoms with van der Waals surface area (Å²) in [6, 6.07) is 19.5. The standard InChI is InChI=1S/C25H23Cl2N3O4/c1-16(18-8-4-3-5-9-18)29-24(31)25(32)30-28-14-17-12-21(27)23(22(13-17)33-2)34-15-19-10-6-7-11-20(19)26/h3-14,16H,15H2,1-2H3,(H,29,31)(H,30,32)/b28-14-/t16-/m1/s1. The molecule has 0 unspecified atom stereocenters. The molecule has 0 aromatic heterocycles. The maximum atomic E-state index is 12.1. The van der Waals surface area contributed by atoms with Crippen molar-refractivity contribution in [3.05, 3.63) is 93.5 Å². The van der Waals surface area contributed by atoms with E-state index in [0.717, 1.165) is 11.1 Å². The summed E-state index contributed by atoms with van der Waals surface area (Å²) in [5.41, 5.74) is 4.42. The molecule has 0 aliphatic rings. The van der Waals surface area contributed by atoms with Gasteiger partial charge >= 0.3 is 11.8 Å². The molecule has 7 nitrogen and oxygen atoms in total. The highest BCUT2D eigenvalue weighted by molar-refractivity contribution is 6.35. The summed E-state index contributed by atoms with van der Waals surface area (Å²) in [7, 11) is 1.48. The lowest BCUT2D eigenvalue weighted by Gasteiger charge is -2.14. The molecule has 3 aromatic rings. The molecule has 0 fully saturated rings. The third-order valence-corrected chi connectivity index (χ3v) is 5.46. The summed E-state index contributed by atoms with van der Waals surface area (Å²) < 4.78 is 11.2. The molecule has 0 saturated carbocycles. The molecule has 34 heavy (non-hydrogen) atoms. The number of amides is 2. The van der Waals surface area contributed by atoms with E-state index in [0.29, 0.717) is 22.1 Å². The van der Waals surface area contributed by atoms with Gasteiger partial charge in [-0.2, -0.15) is 5.10 Å². The van der Waals surface area contributed by atoms with Crippen molar-refractivity contribution in [1.82, 2.24) is 10.7 Å². The maximum Gasteiger partial charge on any atom is 0.329 e. The largest absolute Gasteiger partial charge is 0.493 e. The third-order valence-electron chi connectivity index (χ3n) is 4.81. The number of ether oxygens (including phenoxy) is 2. The molecular weight excluding hydrogens is 477 g/mol. The van der Waals surface area contributed by atoms with Crippen LogP contribution in [0, 0.1) is 0 Å². The first kappa shape index (κ1) is 25.1. The zero-order chi connectivity index (χ0) is 24.5. The summed E-state index contributed by atoms with van der Waals surface area (Å²) in [6.07, 6.45) is 1.35. The van der Waals surface area contributed by atoms with E-state index in [1.807, 2.05) is 48.5 Å². The lowest BCUT2D eigenvalue weighted by molar-refractivity contribution is -0.139. The van der Waals surface area contributed by atoms with Gasteiger partial charge in [0.1, 0.15) is 6.61 Å². The topological polar surface area (TPSA) is 89.0 Å². The lowest BCUT2D eigenvalue weighted by Crippen LogP contribution is -2.39. The minimum absolute atomic E-state index is 0.204. The Kier molecular flexibility index (Phi) is 8.90. The highest BCUT2D eigenvalue weighted by Crippen LogP contribution is 2.37. The van der Waals surface area contributed by atoms with Crippen LogP contribution < -0.4 is 20.2 Å².